The first-order valence-electron chi connectivity index (χ1n) is 9.11. The van der Waals surface area contributed by atoms with Crippen LogP contribution in [0.5, 0.6) is 5.75 Å². The number of carboxylic acid groups (broad SMARTS) is 1. The van der Waals surface area contributed by atoms with E-state index in [0.717, 1.165) is 10.9 Å². The van der Waals surface area contributed by atoms with Crippen molar-refractivity contribution in [3.8, 4) is 5.75 Å². The van der Waals surface area contributed by atoms with Crippen molar-refractivity contribution in [3.05, 3.63) is 35.9 Å². The van der Waals surface area contributed by atoms with Crippen LogP contribution in [0.1, 0.15) is 52.0 Å². The summed E-state index contributed by atoms with van der Waals surface area (Å²) in [6, 6.07) is 1.84. The lowest BCUT2D eigenvalue weighted by Gasteiger charge is -2.27. The van der Waals surface area contributed by atoms with Crippen molar-refractivity contribution in [3.63, 3.8) is 0 Å². The molecular formula is C18H24F3N5O4S. The minimum atomic E-state index is -4.48. The van der Waals surface area contributed by atoms with Crippen LogP contribution >= 0.6 is 0 Å². The molecule has 0 radical (unpaired) electrons. The normalized spacial score (nSPS) is 14.9. The Labute approximate surface area is 180 Å². The van der Waals surface area contributed by atoms with Gasteiger partial charge in [0.2, 0.25) is 0 Å². The zero-order valence-electron chi connectivity index (χ0n) is 17.6. The van der Waals surface area contributed by atoms with Crippen molar-refractivity contribution in [1.82, 2.24) is 24.7 Å². The highest BCUT2D eigenvalue weighted by Crippen LogP contribution is 2.26. The summed E-state index contributed by atoms with van der Waals surface area (Å²) in [4.78, 5) is 15.6. The molecule has 0 aliphatic rings. The zero-order chi connectivity index (χ0) is 23.6. The van der Waals surface area contributed by atoms with E-state index in [1.807, 2.05) is 0 Å². The second-order valence-corrected chi connectivity index (χ2v) is 10.2. The van der Waals surface area contributed by atoms with Gasteiger partial charge >= 0.3 is 12.1 Å². The molecule has 172 valence electrons. The van der Waals surface area contributed by atoms with Crippen molar-refractivity contribution in [2.75, 3.05) is 6.61 Å². The number of carbonyl (C=O) groups is 1. The molecule has 2 heterocycles. The number of nitrogens with one attached hydrogen (secondary N) is 1. The molecular weight excluding hydrogens is 439 g/mol. The van der Waals surface area contributed by atoms with Crippen molar-refractivity contribution in [2.24, 2.45) is 0 Å². The standard InChI is InChI=1S/C18H24F3N5O4S/c1-16(2,3)31(29)24-14(13-9-26(25-23-13)17(4,5)15(27)28)12-7-6-11(8-22-12)30-10-18(19,20)21/h6-9,14,24H,10H2,1-5H3,(H,27,28)/t14?,31-/m0/s1. The summed E-state index contributed by atoms with van der Waals surface area (Å²) in [5.74, 6) is -1.22. The first-order valence-corrected chi connectivity index (χ1v) is 10.3. The molecule has 0 spiro atoms. The van der Waals surface area contributed by atoms with Gasteiger partial charge in [-0.05, 0) is 46.8 Å². The van der Waals surface area contributed by atoms with Crippen LogP contribution in [0.4, 0.5) is 13.2 Å². The molecule has 0 saturated heterocycles. The van der Waals surface area contributed by atoms with E-state index in [4.69, 9.17) is 0 Å². The van der Waals surface area contributed by atoms with Crippen LogP contribution in [-0.4, -0.2) is 53.1 Å². The minimum Gasteiger partial charge on any atom is -0.598 e. The van der Waals surface area contributed by atoms with E-state index in [-0.39, 0.29) is 17.1 Å². The predicted octanol–water partition coefficient (Wildman–Crippen LogP) is 2.58. The third kappa shape index (κ3) is 6.55. The van der Waals surface area contributed by atoms with Crippen molar-refractivity contribution < 1.29 is 32.4 Å². The Morgan fingerprint density at radius 2 is 1.90 bits per heavy atom. The number of nitrogens with zero attached hydrogens (tertiary/aromatic N) is 4. The lowest BCUT2D eigenvalue weighted by Crippen LogP contribution is -2.42. The largest absolute Gasteiger partial charge is 0.598 e. The predicted molar refractivity (Wildman–Crippen MR) is 106 cm³/mol. The van der Waals surface area contributed by atoms with Gasteiger partial charge in [-0.2, -0.15) is 13.2 Å². The lowest BCUT2D eigenvalue weighted by atomic mass is 10.1. The molecule has 2 N–H and O–H groups in total. The van der Waals surface area contributed by atoms with Gasteiger partial charge in [0.25, 0.3) is 0 Å². The molecule has 9 nitrogen and oxygen atoms in total. The Kier molecular flexibility index (Phi) is 7.23. The molecule has 13 heteroatoms. The van der Waals surface area contributed by atoms with Crippen molar-refractivity contribution in [1.29, 1.82) is 0 Å². The van der Waals surface area contributed by atoms with Gasteiger partial charge in [-0.25, -0.2) is 9.48 Å². The van der Waals surface area contributed by atoms with Crippen LogP contribution in [0.3, 0.4) is 0 Å². The highest BCUT2D eigenvalue weighted by atomic mass is 32.2. The number of aliphatic carboxylic acids is 1. The van der Waals surface area contributed by atoms with Gasteiger partial charge in [-0.3, -0.25) is 4.98 Å². The van der Waals surface area contributed by atoms with E-state index in [1.54, 1.807) is 20.8 Å². The number of alkyl halides is 3. The topological polar surface area (TPSA) is 125 Å². The Hall–Kier alpha value is -2.38. The number of aromatic nitrogens is 4. The molecule has 0 amide bonds. The average Bonchev–Trinajstić information content (AvgIpc) is 3.14. The average molecular weight is 463 g/mol. The molecule has 0 saturated carbocycles. The number of carboxylic acids is 1. The SMILES string of the molecule is CC(C)(C(=O)O)n1cc(C(N[S@@+]([O-])C(C)(C)C)c2ccc(OCC(F)(F)F)cn2)nn1. The summed E-state index contributed by atoms with van der Waals surface area (Å²) >= 11 is -1.57. The van der Waals surface area contributed by atoms with Crippen LogP contribution in [-0.2, 0) is 21.7 Å². The van der Waals surface area contributed by atoms with Crippen LogP contribution in [0.2, 0.25) is 0 Å². The third-order valence-electron chi connectivity index (χ3n) is 4.14. The zero-order valence-corrected chi connectivity index (χ0v) is 18.4. The highest BCUT2D eigenvalue weighted by Gasteiger charge is 2.35. The fraction of sp³-hybridized carbons (Fsp3) is 0.556. The number of hydrogen-bond acceptors (Lipinski definition) is 7. The van der Waals surface area contributed by atoms with E-state index in [0.29, 0.717) is 0 Å². The first kappa shape index (κ1) is 24.9. The van der Waals surface area contributed by atoms with Gasteiger partial charge in [0, 0.05) is 11.4 Å². The maximum absolute atomic E-state index is 12.7. The molecule has 0 bridgehead atoms. The summed E-state index contributed by atoms with van der Waals surface area (Å²) in [5, 5.41) is 17.3. The third-order valence-corrected chi connectivity index (χ3v) is 5.70. The van der Waals surface area contributed by atoms with E-state index in [1.165, 1.54) is 32.2 Å². The summed E-state index contributed by atoms with van der Waals surface area (Å²) in [6.07, 6.45) is -1.98. The Morgan fingerprint density at radius 1 is 1.26 bits per heavy atom. The van der Waals surface area contributed by atoms with Crippen LogP contribution in [0.25, 0.3) is 0 Å². The molecule has 0 aliphatic heterocycles. The maximum Gasteiger partial charge on any atom is 0.422 e. The molecule has 2 rings (SSSR count). The fourth-order valence-electron chi connectivity index (χ4n) is 2.15. The fourth-order valence-corrected chi connectivity index (χ4v) is 2.96. The van der Waals surface area contributed by atoms with E-state index < -0.39 is 46.4 Å². The summed E-state index contributed by atoms with van der Waals surface area (Å²) in [6.45, 7) is 6.67. The molecule has 2 aromatic heterocycles. The van der Waals surface area contributed by atoms with Crippen LogP contribution in [0.15, 0.2) is 24.5 Å². The molecule has 1 unspecified atom stereocenters. The van der Waals surface area contributed by atoms with Gasteiger partial charge in [0.15, 0.2) is 12.1 Å². The number of hydrogen-bond donors (Lipinski definition) is 2. The molecule has 0 fully saturated rings. The van der Waals surface area contributed by atoms with E-state index in [2.05, 4.69) is 24.8 Å². The Morgan fingerprint density at radius 3 is 2.39 bits per heavy atom. The molecule has 2 atom stereocenters. The summed E-state index contributed by atoms with van der Waals surface area (Å²) in [7, 11) is 0. The quantitative estimate of drug-likeness (QED) is 0.573. The number of ether oxygens (including phenoxy) is 1. The van der Waals surface area contributed by atoms with Gasteiger partial charge in [-0.1, -0.05) is 5.21 Å². The maximum atomic E-state index is 12.7. The van der Waals surface area contributed by atoms with Gasteiger partial charge in [0.1, 0.15) is 22.2 Å². The summed E-state index contributed by atoms with van der Waals surface area (Å²) < 4.78 is 57.7. The Bertz CT molecular complexity index is 897. The van der Waals surface area contributed by atoms with Gasteiger partial charge in [-0.15, -0.1) is 9.82 Å². The van der Waals surface area contributed by atoms with Crippen molar-refractivity contribution >= 4 is 17.3 Å². The van der Waals surface area contributed by atoms with Gasteiger partial charge < -0.3 is 14.4 Å². The molecule has 0 aromatic carbocycles. The molecule has 2 aromatic rings. The molecule has 31 heavy (non-hydrogen) atoms. The second kappa shape index (κ2) is 9.01. The van der Waals surface area contributed by atoms with Crippen LogP contribution < -0.4 is 9.46 Å². The Balaban J connectivity index is 2.36. The highest BCUT2D eigenvalue weighted by molar-refractivity contribution is 7.90. The van der Waals surface area contributed by atoms with Gasteiger partial charge in [0.05, 0.1) is 18.1 Å². The number of halogens is 3. The number of rotatable bonds is 8. The lowest BCUT2D eigenvalue weighted by molar-refractivity contribution is -0.153. The minimum absolute atomic E-state index is 0.0903. The number of pyridine rings is 1. The van der Waals surface area contributed by atoms with E-state index in [9.17, 15) is 27.6 Å². The summed E-state index contributed by atoms with van der Waals surface area (Å²) in [5.41, 5.74) is -0.859. The second-order valence-electron chi connectivity index (χ2n) is 8.21. The first-order chi connectivity index (χ1) is 14.1. The molecule has 0 aliphatic carbocycles. The van der Waals surface area contributed by atoms with Crippen LogP contribution in [0, 0.1) is 0 Å². The van der Waals surface area contributed by atoms with Crippen molar-refractivity contribution in [2.45, 2.75) is 57.1 Å². The smallest absolute Gasteiger partial charge is 0.422 e. The monoisotopic (exact) mass is 463 g/mol. The van der Waals surface area contributed by atoms with E-state index >= 15 is 0 Å².